The third-order valence-corrected chi connectivity index (χ3v) is 4.92. The highest BCUT2D eigenvalue weighted by molar-refractivity contribution is 7.97. The fourth-order valence-corrected chi connectivity index (χ4v) is 4.02. The molecule has 4 nitrogen and oxygen atoms in total. The van der Waals surface area contributed by atoms with Gasteiger partial charge >= 0.3 is 7.60 Å². The van der Waals surface area contributed by atoms with Gasteiger partial charge in [0.05, 0.1) is 5.60 Å². The molecule has 1 aromatic rings. The van der Waals surface area contributed by atoms with Crippen LogP contribution in [0.2, 0.25) is 0 Å². The Balaban J connectivity index is 3.77. The van der Waals surface area contributed by atoms with Crippen molar-refractivity contribution in [1.82, 2.24) is 0 Å². The molecule has 0 aliphatic rings. The van der Waals surface area contributed by atoms with Gasteiger partial charge in [-0.2, -0.15) is 0 Å². The fraction of sp³-hybridized carbons (Fsp3) is 0.533. The molecule has 21 heavy (non-hydrogen) atoms. The summed E-state index contributed by atoms with van der Waals surface area (Å²) in [5.41, 5.74) is 3.79. The molecule has 0 saturated carbocycles. The van der Waals surface area contributed by atoms with Crippen LogP contribution in [0.1, 0.15) is 52.0 Å². The second-order valence-electron chi connectivity index (χ2n) is 5.96. The first-order chi connectivity index (χ1) is 9.29. The zero-order valence-electron chi connectivity index (χ0n) is 13.6. The second kappa shape index (κ2) is 5.88. The van der Waals surface area contributed by atoms with Gasteiger partial charge in [-0.05, 0) is 69.4 Å². The number of thiol groups is 1. The molecular weight excluding hydrogens is 307 g/mol. The van der Waals surface area contributed by atoms with Gasteiger partial charge in [-0.15, -0.1) is 12.6 Å². The van der Waals surface area contributed by atoms with Crippen molar-refractivity contribution in [2.45, 2.75) is 47.1 Å². The third kappa shape index (κ3) is 3.78. The van der Waals surface area contributed by atoms with Crippen molar-refractivity contribution < 1.29 is 18.8 Å². The average molecular weight is 330 g/mol. The van der Waals surface area contributed by atoms with Crippen LogP contribution < -0.4 is 0 Å². The highest BCUT2D eigenvalue weighted by Crippen LogP contribution is 2.48. The van der Waals surface area contributed by atoms with Crippen molar-refractivity contribution in [2.24, 2.45) is 0 Å². The normalized spacial score (nSPS) is 14.9. The Morgan fingerprint density at radius 2 is 1.52 bits per heavy atom. The maximum atomic E-state index is 12.0. The molecule has 0 heterocycles. The van der Waals surface area contributed by atoms with Crippen molar-refractivity contribution in [3.63, 3.8) is 0 Å². The fourth-order valence-electron chi connectivity index (χ4n) is 2.80. The van der Waals surface area contributed by atoms with Gasteiger partial charge in [-0.3, -0.25) is 13.9 Å². The highest BCUT2D eigenvalue weighted by Gasteiger charge is 2.35. The summed E-state index contributed by atoms with van der Waals surface area (Å²) in [4.78, 5) is 21.5. The molecule has 0 spiro atoms. The van der Waals surface area contributed by atoms with Crippen molar-refractivity contribution >= 4 is 25.3 Å². The van der Waals surface area contributed by atoms with Crippen LogP contribution in [-0.4, -0.2) is 16.7 Å². The summed E-state index contributed by atoms with van der Waals surface area (Å²) in [6.07, 6.45) is 0. The van der Waals surface area contributed by atoms with E-state index in [-0.39, 0.29) is 5.12 Å². The molecule has 0 aliphatic carbocycles. The molecule has 0 bridgehead atoms. The van der Waals surface area contributed by atoms with Crippen molar-refractivity contribution in [3.8, 4) is 0 Å². The molecule has 0 aliphatic heterocycles. The highest BCUT2D eigenvalue weighted by atomic mass is 32.1. The summed E-state index contributed by atoms with van der Waals surface area (Å²) in [7, 11) is -3.70. The molecule has 0 radical (unpaired) electrons. The first kappa shape index (κ1) is 18.4. The second-order valence-corrected chi connectivity index (χ2v) is 8.15. The summed E-state index contributed by atoms with van der Waals surface area (Å²) in [6.45, 7) is 12.2. The molecule has 6 heteroatoms. The lowest BCUT2D eigenvalue weighted by Crippen LogP contribution is -2.26. The minimum absolute atomic E-state index is 0.366. The average Bonchev–Trinajstić information content (AvgIpc) is 2.26. The lowest BCUT2D eigenvalue weighted by Gasteiger charge is -2.32. The summed E-state index contributed by atoms with van der Waals surface area (Å²) in [5.74, 6) is 0. The zero-order valence-corrected chi connectivity index (χ0v) is 15.4. The van der Waals surface area contributed by atoms with Crippen LogP contribution in [0, 0.1) is 27.7 Å². The Bertz CT molecular complexity index is 644. The Morgan fingerprint density at radius 3 is 1.90 bits per heavy atom. The van der Waals surface area contributed by atoms with E-state index in [1.807, 2.05) is 27.7 Å². The van der Waals surface area contributed by atoms with Crippen molar-refractivity contribution in [1.29, 1.82) is 0 Å². The molecule has 0 amide bonds. The molecule has 0 saturated heterocycles. The van der Waals surface area contributed by atoms with Crippen LogP contribution in [0.4, 0.5) is 0 Å². The summed E-state index contributed by atoms with van der Waals surface area (Å²) >= 11 is 3.97. The molecular formula is C15H23O4PS. The molecule has 0 aromatic heterocycles. The molecule has 1 unspecified atom stereocenters. The van der Waals surface area contributed by atoms with E-state index in [4.69, 9.17) is 4.52 Å². The minimum Gasteiger partial charge on any atom is -0.324 e. The summed E-state index contributed by atoms with van der Waals surface area (Å²) in [6, 6.07) is 0. The van der Waals surface area contributed by atoms with Gasteiger partial charge in [0, 0.05) is 12.2 Å². The minimum atomic E-state index is -3.70. The Morgan fingerprint density at radius 1 is 1.10 bits per heavy atom. The van der Waals surface area contributed by atoms with E-state index in [2.05, 4.69) is 12.6 Å². The molecule has 1 rings (SSSR count). The van der Waals surface area contributed by atoms with E-state index in [0.29, 0.717) is 11.1 Å². The summed E-state index contributed by atoms with van der Waals surface area (Å²) < 4.78 is 17.0. The van der Waals surface area contributed by atoms with Gasteiger partial charge in [0.1, 0.15) is 0 Å². The predicted molar refractivity (Wildman–Crippen MR) is 88.6 cm³/mol. The largest absolute Gasteiger partial charge is 0.325 e. The Hall–Kier alpha value is -0.610. The SMILES string of the molecule is Cc1c(C)c(C)c(C(C)(C)OP(C)(=O)O)c(C(=O)S)c1C. The first-order valence-corrected chi connectivity index (χ1v) is 9.12. The quantitative estimate of drug-likeness (QED) is 0.645. The van der Waals surface area contributed by atoms with Crippen LogP contribution in [0.5, 0.6) is 0 Å². The monoisotopic (exact) mass is 330 g/mol. The Labute approximate surface area is 131 Å². The molecule has 118 valence electrons. The van der Waals surface area contributed by atoms with Gasteiger partial charge in [-0.1, -0.05) is 0 Å². The van der Waals surface area contributed by atoms with Crippen LogP contribution in [0.3, 0.4) is 0 Å². The van der Waals surface area contributed by atoms with E-state index < -0.39 is 13.2 Å². The number of hydrogen-bond acceptors (Lipinski definition) is 3. The van der Waals surface area contributed by atoms with Gasteiger partial charge in [0.15, 0.2) is 0 Å². The lowest BCUT2D eigenvalue weighted by atomic mass is 9.82. The van der Waals surface area contributed by atoms with Crippen LogP contribution >= 0.6 is 20.2 Å². The van der Waals surface area contributed by atoms with Crippen molar-refractivity contribution in [3.05, 3.63) is 33.4 Å². The number of rotatable bonds is 4. The molecule has 1 atom stereocenters. The van der Waals surface area contributed by atoms with E-state index in [1.165, 1.54) is 0 Å². The number of benzene rings is 1. The van der Waals surface area contributed by atoms with Crippen molar-refractivity contribution in [2.75, 3.05) is 6.66 Å². The first-order valence-electron chi connectivity index (χ1n) is 6.64. The molecule has 1 N–H and O–H groups in total. The van der Waals surface area contributed by atoms with E-state index in [1.54, 1.807) is 13.8 Å². The lowest BCUT2D eigenvalue weighted by molar-refractivity contribution is 0.0891. The van der Waals surface area contributed by atoms with Crippen LogP contribution in [0.25, 0.3) is 0 Å². The van der Waals surface area contributed by atoms with Crippen LogP contribution in [0.15, 0.2) is 0 Å². The third-order valence-electron chi connectivity index (χ3n) is 3.90. The smallest absolute Gasteiger partial charge is 0.324 e. The maximum Gasteiger partial charge on any atom is 0.325 e. The number of hydrogen-bond donors (Lipinski definition) is 2. The van der Waals surface area contributed by atoms with Gasteiger partial charge in [0.2, 0.25) is 5.12 Å². The van der Waals surface area contributed by atoms with Gasteiger partial charge < -0.3 is 4.89 Å². The number of carbonyl (C=O) groups is 1. The number of carbonyl (C=O) groups excluding carboxylic acids is 1. The van der Waals surface area contributed by atoms with Crippen LogP contribution in [-0.2, 0) is 14.7 Å². The summed E-state index contributed by atoms with van der Waals surface area (Å²) in [5, 5.41) is -0.366. The zero-order chi connectivity index (χ0) is 16.7. The topological polar surface area (TPSA) is 63.6 Å². The maximum absolute atomic E-state index is 12.0. The Kier molecular flexibility index (Phi) is 5.16. The van der Waals surface area contributed by atoms with Gasteiger partial charge in [0.25, 0.3) is 0 Å². The van der Waals surface area contributed by atoms with Gasteiger partial charge in [-0.25, -0.2) is 0 Å². The molecule has 1 aromatic carbocycles. The van der Waals surface area contributed by atoms with E-state index in [9.17, 15) is 14.3 Å². The predicted octanol–water partition coefficient (Wildman–Crippen LogP) is 4.06. The standard InChI is InChI=1S/C15H23O4PS/c1-8-9(2)11(4)13(12(10(8)3)14(16)21)15(5,6)19-20(7,17)18/h1-7H3,(H,16,21)(H,17,18). The van der Waals surface area contributed by atoms with E-state index in [0.717, 1.165) is 28.9 Å². The van der Waals surface area contributed by atoms with E-state index >= 15 is 0 Å². The molecule has 0 fully saturated rings.